The molecule has 3 heteroatoms. The second-order valence-electron chi connectivity index (χ2n) is 3.17. The first kappa shape index (κ1) is 6.58. The summed E-state index contributed by atoms with van der Waals surface area (Å²) in [7, 11) is 0. The fourth-order valence-electron chi connectivity index (χ4n) is 1.36. The van der Waals surface area contributed by atoms with E-state index in [4.69, 9.17) is 4.74 Å². The van der Waals surface area contributed by atoms with Gasteiger partial charge in [0.1, 0.15) is 0 Å². The lowest BCUT2D eigenvalue weighted by Crippen LogP contribution is -2.46. The van der Waals surface area contributed by atoms with Gasteiger partial charge in [0.15, 0.2) is 0 Å². The van der Waals surface area contributed by atoms with Crippen LogP contribution in [0.25, 0.3) is 0 Å². The SMILES string of the molecule is OC1([C@@H]2CNCCO2)CC1. The second-order valence-corrected chi connectivity index (χ2v) is 3.17. The maximum atomic E-state index is 9.59. The maximum absolute atomic E-state index is 9.59. The fourth-order valence-corrected chi connectivity index (χ4v) is 1.36. The Morgan fingerprint density at radius 3 is 2.80 bits per heavy atom. The van der Waals surface area contributed by atoms with Crippen LogP contribution in [0.5, 0.6) is 0 Å². The molecule has 0 unspecified atom stereocenters. The van der Waals surface area contributed by atoms with Crippen molar-refractivity contribution in [3.8, 4) is 0 Å². The molecule has 0 aromatic rings. The first-order chi connectivity index (χ1) is 4.81. The Labute approximate surface area is 60.4 Å². The quantitative estimate of drug-likeness (QED) is 0.520. The zero-order valence-corrected chi connectivity index (χ0v) is 5.97. The van der Waals surface area contributed by atoms with Gasteiger partial charge in [-0.3, -0.25) is 0 Å². The number of nitrogens with one attached hydrogen (secondary N) is 1. The highest BCUT2D eigenvalue weighted by atomic mass is 16.5. The lowest BCUT2D eigenvalue weighted by Gasteiger charge is -2.27. The molecule has 0 bridgehead atoms. The molecule has 0 amide bonds. The van der Waals surface area contributed by atoms with Crippen LogP contribution in [-0.2, 0) is 4.74 Å². The van der Waals surface area contributed by atoms with Gasteiger partial charge in [-0.2, -0.15) is 0 Å². The molecule has 0 spiro atoms. The summed E-state index contributed by atoms with van der Waals surface area (Å²) in [5.74, 6) is 0. The molecule has 1 atom stereocenters. The third-order valence-corrected chi connectivity index (χ3v) is 2.29. The van der Waals surface area contributed by atoms with E-state index in [1.807, 2.05) is 0 Å². The minimum absolute atomic E-state index is 0.0567. The Bertz CT molecular complexity index is 128. The molecule has 0 radical (unpaired) electrons. The van der Waals surface area contributed by atoms with Crippen molar-refractivity contribution in [2.75, 3.05) is 19.7 Å². The van der Waals surface area contributed by atoms with Crippen LogP contribution < -0.4 is 5.32 Å². The average molecular weight is 143 g/mol. The maximum Gasteiger partial charge on any atom is 0.0986 e. The van der Waals surface area contributed by atoms with Gasteiger partial charge < -0.3 is 15.2 Å². The molecule has 2 fully saturated rings. The molecule has 0 aromatic heterocycles. The number of morpholine rings is 1. The van der Waals surface area contributed by atoms with Crippen molar-refractivity contribution in [2.24, 2.45) is 0 Å². The molecular formula is C7H13NO2. The molecule has 10 heavy (non-hydrogen) atoms. The van der Waals surface area contributed by atoms with E-state index in [-0.39, 0.29) is 6.10 Å². The summed E-state index contributed by atoms with van der Waals surface area (Å²) in [5.41, 5.74) is -0.465. The molecule has 2 aliphatic rings. The minimum Gasteiger partial charge on any atom is -0.387 e. The Morgan fingerprint density at radius 1 is 1.50 bits per heavy atom. The van der Waals surface area contributed by atoms with Gasteiger partial charge in [0.2, 0.25) is 0 Å². The van der Waals surface area contributed by atoms with E-state index >= 15 is 0 Å². The summed E-state index contributed by atoms with van der Waals surface area (Å²) >= 11 is 0. The van der Waals surface area contributed by atoms with Crippen LogP contribution in [0.1, 0.15) is 12.8 Å². The molecule has 3 nitrogen and oxygen atoms in total. The van der Waals surface area contributed by atoms with Crippen LogP contribution in [-0.4, -0.2) is 36.5 Å². The van der Waals surface area contributed by atoms with Crippen LogP contribution in [0.4, 0.5) is 0 Å². The molecule has 0 aromatic carbocycles. The van der Waals surface area contributed by atoms with Gasteiger partial charge in [0.05, 0.1) is 18.3 Å². The Morgan fingerprint density at radius 2 is 2.30 bits per heavy atom. The highest BCUT2D eigenvalue weighted by molar-refractivity contribution is 5.02. The number of ether oxygens (including phenoxy) is 1. The van der Waals surface area contributed by atoms with Crippen LogP contribution in [0.15, 0.2) is 0 Å². The minimum atomic E-state index is -0.465. The number of hydrogen-bond donors (Lipinski definition) is 2. The molecule has 1 aliphatic heterocycles. The number of rotatable bonds is 1. The smallest absolute Gasteiger partial charge is 0.0986 e. The van der Waals surface area contributed by atoms with Crippen molar-refractivity contribution >= 4 is 0 Å². The zero-order chi connectivity index (χ0) is 7.03. The van der Waals surface area contributed by atoms with Gasteiger partial charge in [-0.15, -0.1) is 0 Å². The second kappa shape index (κ2) is 2.19. The molecular weight excluding hydrogens is 130 g/mol. The Hall–Kier alpha value is -0.120. The van der Waals surface area contributed by atoms with Crippen molar-refractivity contribution in [2.45, 2.75) is 24.5 Å². The molecule has 2 rings (SSSR count). The molecule has 58 valence electrons. The number of hydrogen-bond acceptors (Lipinski definition) is 3. The van der Waals surface area contributed by atoms with Crippen molar-refractivity contribution in [3.63, 3.8) is 0 Å². The van der Waals surface area contributed by atoms with Gasteiger partial charge in [0, 0.05) is 13.1 Å². The molecule has 1 saturated carbocycles. The first-order valence-corrected chi connectivity index (χ1v) is 3.86. The third kappa shape index (κ3) is 1.05. The predicted octanol–water partition coefficient (Wildman–Crippen LogP) is -0.500. The van der Waals surface area contributed by atoms with Crippen LogP contribution >= 0.6 is 0 Å². The molecule has 2 N–H and O–H groups in total. The molecule has 1 aliphatic carbocycles. The zero-order valence-electron chi connectivity index (χ0n) is 5.97. The van der Waals surface area contributed by atoms with E-state index in [1.54, 1.807) is 0 Å². The van der Waals surface area contributed by atoms with E-state index in [0.29, 0.717) is 0 Å². The Balaban J connectivity index is 1.91. The van der Waals surface area contributed by atoms with Crippen molar-refractivity contribution in [3.05, 3.63) is 0 Å². The van der Waals surface area contributed by atoms with E-state index < -0.39 is 5.60 Å². The summed E-state index contributed by atoms with van der Waals surface area (Å²) in [4.78, 5) is 0. The summed E-state index contributed by atoms with van der Waals surface area (Å²) in [6.45, 7) is 2.48. The standard InChI is InChI=1S/C7H13NO2/c9-7(1-2-7)6-5-8-3-4-10-6/h6,8-9H,1-5H2/t6-/m0/s1. The monoisotopic (exact) mass is 143 g/mol. The van der Waals surface area contributed by atoms with Crippen molar-refractivity contribution in [1.82, 2.24) is 5.32 Å². The molecule has 1 saturated heterocycles. The van der Waals surface area contributed by atoms with Gasteiger partial charge >= 0.3 is 0 Å². The van der Waals surface area contributed by atoms with Gasteiger partial charge in [-0.1, -0.05) is 0 Å². The lowest BCUT2D eigenvalue weighted by atomic mass is 10.1. The fraction of sp³-hybridized carbons (Fsp3) is 1.00. The van der Waals surface area contributed by atoms with Gasteiger partial charge in [-0.25, -0.2) is 0 Å². The highest BCUT2D eigenvalue weighted by Crippen LogP contribution is 2.39. The predicted molar refractivity (Wildman–Crippen MR) is 36.8 cm³/mol. The van der Waals surface area contributed by atoms with Crippen molar-refractivity contribution in [1.29, 1.82) is 0 Å². The van der Waals surface area contributed by atoms with Crippen molar-refractivity contribution < 1.29 is 9.84 Å². The lowest BCUT2D eigenvalue weighted by molar-refractivity contribution is -0.0660. The summed E-state index contributed by atoms with van der Waals surface area (Å²) < 4.78 is 5.39. The van der Waals surface area contributed by atoms with E-state index in [1.165, 1.54) is 0 Å². The highest BCUT2D eigenvalue weighted by Gasteiger charge is 2.48. The van der Waals surface area contributed by atoms with Crippen LogP contribution in [0.2, 0.25) is 0 Å². The van der Waals surface area contributed by atoms with Crippen LogP contribution in [0.3, 0.4) is 0 Å². The first-order valence-electron chi connectivity index (χ1n) is 3.86. The van der Waals surface area contributed by atoms with E-state index in [9.17, 15) is 5.11 Å². The number of aliphatic hydroxyl groups is 1. The summed E-state index contributed by atoms with van der Waals surface area (Å²) in [5, 5.41) is 12.8. The van der Waals surface area contributed by atoms with Crippen LogP contribution in [0, 0.1) is 0 Å². The van der Waals surface area contributed by atoms with E-state index in [0.717, 1.165) is 32.5 Å². The normalized spacial score (nSPS) is 37.5. The van der Waals surface area contributed by atoms with E-state index in [2.05, 4.69) is 5.32 Å². The average Bonchev–Trinajstić information content (AvgIpc) is 2.72. The molecule has 1 heterocycles. The summed E-state index contributed by atoms with van der Waals surface area (Å²) in [6, 6.07) is 0. The van der Waals surface area contributed by atoms with Gasteiger partial charge in [-0.05, 0) is 12.8 Å². The third-order valence-electron chi connectivity index (χ3n) is 2.29. The summed E-state index contributed by atoms with van der Waals surface area (Å²) in [6.07, 6.45) is 1.89. The topological polar surface area (TPSA) is 41.5 Å². The Kier molecular flexibility index (Phi) is 1.44. The van der Waals surface area contributed by atoms with Gasteiger partial charge in [0.25, 0.3) is 0 Å². The largest absolute Gasteiger partial charge is 0.387 e.